The summed E-state index contributed by atoms with van der Waals surface area (Å²) in [5, 5.41) is 3.53. The number of hydrogen-bond donors (Lipinski definition) is 1. The van der Waals surface area contributed by atoms with Crippen molar-refractivity contribution in [1.29, 1.82) is 0 Å². The first-order valence-corrected chi connectivity index (χ1v) is 8.23. The number of nitrogens with zero attached hydrogens (tertiary/aromatic N) is 2. The van der Waals surface area contributed by atoms with Crippen LogP contribution in [0.25, 0.3) is 0 Å². The zero-order valence-corrected chi connectivity index (χ0v) is 13.8. The lowest BCUT2D eigenvalue weighted by Crippen LogP contribution is -2.42. The molecule has 1 saturated heterocycles. The van der Waals surface area contributed by atoms with Gasteiger partial charge < -0.3 is 10.2 Å². The third-order valence-corrected chi connectivity index (χ3v) is 4.31. The average Bonchev–Trinajstić information content (AvgIpc) is 2.56. The van der Waals surface area contributed by atoms with E-state index in [4.69, 9.17) is 0 Å². The molecule has 4 nitrogen and oxygen atoms in total. The molecule has 3 rings (SSSR count). The third kappa shape index (κ3) is 3.65. The Labute approximate surface area is 138 Å². The molecule has 0 bridgehead atoms. The molecule has 1 fully saturated rings. The van der Waals surface area contributed by atoms with E-state index in [1.54, 1.807) is 12.4 Å². The fourth-order valence-electron chi connectivity index (χ4n) is 2.71. The molecule has 1 aromatic carbocycles. The number of carbonyl (C=O) groups excluding carboxylic acids is 1. The lowest BCUT2D eigenvalue weighted by molar-refractivity contribution is 0.0718. The molecule has 0 atom stereocenters. The molecule has 1 aromatic heterocycles. The summed E-state index contributed by atoms with van der Waals surface area (Å²) in [5.74, 6) is 0.0620. The lowest BCUT2D eigenvalue weighted by Gasteiger charge is -2.33. The Morgan fingerprint density at radius 2 is 1.91 bits per heavy atom. The second-order valence-electron chi connectivity index (χ2n) is 5.47. The molecular weight excluding hydrogens is 342 g/mol. The van der Waals surface area contributed by atoms with E-state index in [1.807, 2.05) is 29.2 Å². The van der Waals surface area contributed by atoms with Crippen LogP contribution in [0, 0.1) is 0 Å². The Morgan fingerprint density at radius 3 is 2.59 bits per heavy atom. The predicted octanol–water partition coefficient (Wildman–Crippen LogP) is 3.56. The molecule has 1 aliphatic rings. The number of amides is 1. The van der Waals surface area contributed by atoms with E-state index in [1.165, 1.54) is 0 Å². The number of para-hydroxylation sites is 1. The Balaban J connectivity index is 1.56. The van der Waals surface area contributed by atoms with Crippen LogP contribution < -0.4 is 5.32 Å². The molecule has 114 valence electrons. The molecule has 0 radical (unpaired) electrons. The molecule has 0 unspecified atom stereocenters. The van der Waals surface area contributed by atoms with Gasteiger partial charge in [0.15, 0.2) is 0 Å². The minimum atomic E-state index is 0.0620. The quantitative estimate of drug-likeness (QED) is 0.910. The number of piperidine rings is 1. The smallest absolute Gasteiger partial charge is 0.255 e. The van der Waals surface area contributed by atoms with Crippen molar-refractivity contribution in [3.05, 3.63) is 58.8 Å². The number of anilines is 1. The Hall–Kier alpha value is -1.88. The van der Waals surface area contributed by atoms with E-state index in [9.17, 15) is 4.79 Å². The van der Waals surface area contributed by atoms with Gasteiger partial charge in [-0.05, 0) is 47.0 Å². The van der Waals surface area contributed by atoms with Crippen LogP contribution in [0.5, 0.6) is 0 Å². The maximum Gasteiger partial charge on any atom is 0.255 e. The summed E-state index contributed by atoms with van der Waals surface area (Å²) in [5.41, 5.74) is 1.78. The van der Waals surface area contributed by atoms with Gasteiger partial charge in [-0.2, -0.15) is 0 Å². The summed E-state index contributed by atoms with van der Waals surface area (Å²) in [4.78, 5) is 18.4. The molecule has 5 heteroatoms. The lowest BCUT2D eigenvalue weighted by atomic mass is 10.0. The van der Waals surface area contributed by atoms with Crippen molar-refractivity contribution in [2.75, 3.05) is 18.4 Å². The normalized spacial score (nSPS) is 15.6. The van der Waals surface area contributed by atoms with E-state index in [2.05, 4.69) is 38.4 Å². The molecule has 2 aromatic rings. The van der Waals surface area contributed by atoms with Crippen molar-refractivity contribution in [2.24, 2.45) is 0 Å². The summed E-state index contributed by atoms with van der Waals surface area (Å²) < 4.78 is 0.832. The second kappa shape index (κ2) is 6.92. The van der Waals surface area contributed by atoms with Gasteiger partial charge in [-0.15, -0.1) is 0 Å². The van der Waals surface area contributed by atoms with Crippen LogP contribution >= 0.6 is 15.9 Å². The predicted molar refractivity (Wildman–Crippen MR) is 90.9 cm³/mol. The Bertz CT molecular complexity index is 639. The van der Waals surface area contributed by atoms with Crippen LogP contribution in [0.4, 0.5) is 5.69 Å². The minimum Gasteiger partial charge on any atom is -0.382 e. The van der Waals surface area contributed by atoms with Gasteiger partial charge in [0.1, 0.15) is 0 Å². The number of aromatic nitrogens is 1. The highest BCUT2D eigenvalue weighted by Crippen LogP contribution is 2.19. The number of likely N-dealkylation sites (tertiary alicyclic amines) is 1. The van der Waals surface area contributed by atoms with Gasteiger partial charge in [-0.3, -0.25) is 9.78 Å². The van der Waals surface area contributed by atoms with Crippen LogP contribution in [-0.2, 0) is 0 Å². The first-order valence-electron chi connectivity index (χ1n) is 7.44. The summed E-state index contributed by atoms with van der Waals surface area (Å²) in [6, 6.07) is 12.5. The monoisotopic (exact) mass is 359 g/mol. The van der Waals surface area contributed by atoms with Crippen molar-refractivity contribution in [3.8, 4) is 0 Å². The van der Waals surface area contributed by atoms with Gasteiger partial charge >= 0.3 is 0 Å². The summed E-state index contributed by atoms with van der Waals surface area (Å²) in [7, 11) is 0. The van der Waals surface area contributed by atoms with E-state index in [0.29, 0.717) is 11.6 Å². The van der Waals surface area contributed by atoms with Crippen molar-refractivity contribution in [1.82, 2.24) is 9.88 Å². The molecule has 0 aliphatic carbocycles. The third-order valence-electron chi connectivity index (χ3n) is 3.88. The molecule has 0 spiro atoms. The number of halogens is 1. The number of rotatable bonds is 3. The van der Waals surface area contributed by atoms with Crippen LogP contribution in [0.3, 0.4) is 0 Å². The first kappa shape index (κ1) is 15.0. The molecule has 0 saturated carbocycles. The standard InChI is InChI=1S/C17H18BrN3O/c18-14-10-13(11-19-12-14)17(22)21-8-6-16(7-9-21)20-15-4-2-1-3-5-15/h1-5,10-12,16,20H,6-9H2. The van der Waals surface area contributed by atoms with Gasteiger partial charge in [0, 0.05) is 41.7 Å². The average molecular weight is 360 g/mol. The first-order chi connectivity index (χ1) is 10.7. The van der Waals surface area contributed by atoms with Crippen molar-refractivity contribution in [3.63, 3.8) is 0 Å². The number of benzene rings is 1. The van der Waals surface area contributed by atoms with Crippen molar-refractivity contribution < 1.29 is 4.79 Å². The van der Waals surface area contributed by atoms with E-state index in [0.717, 1.165) is 36.1 Å². The zero-order valence-electron chi connectivity index (χ0n) is 12.2. The highest BCUT2D eigenvalue weighted by molar-refractivity contribution is 9.10. The maximum atomic E-state index is 12.5. The van der Waals surface area contributed by atoms with Gasteiger partial charge in [-0.1, -0.05) is 18.2 Å². The molecule has 22 heavy (non-hydrogen) atoms. The SMILES string of the molecule is O=C(c1cncc(Br)c1)N1CCC(Nc2ccccc2)CC1. The van der Waals surface area contributed by atoms with Gasteiger partial charge in [0.25, 0.3) is 5.91 Å². The molecule has 1 aliphatic heterocycles. The fourth-order valence-corrected chi connectivity index (χ4v) is 3.07. The highest BCUT2D eigenvalue weighted by Gasteiger charge is 2.23. The van der Waals surface area contributed by atoms with Crippen LogP contribution in [0.1, 0.15) is 23.2 Å². The Kier molecular flexibility index (Phi) is 4.73. The summed E-state index contributed by atoms with van der Waals surface area (Å²) in [6.07, 6.45) is 5.23. The van der Waals surface area contributed by atoms with Crippen molar-refractivity contribution >= 4 is 27.5 Å². The summed E-state index contributed by atoms with van der Waals surface area (Å²) in [6.45, 7) is 1.55. The van der Waals surface area contributed by atoms with Gasteiger partial charge in [-0.25, -0.2) is 0 Å². The number of nitrogens with one attached hydrogen (secondary N) is 1. The van der Waals surface area contributed by atoms with Gasteiger partial charge in [0.05, 0.1) is 5.56 Å². The molecule has 1 amide bonds. The molecule has 2 heterocycles. The van der Waals surface area contributed by atoms with Crippen LogP contribution in [0.15, 0.2) is 53.3 Å². The van der Waals surface area contributed by atoms with E-state index >= 15 is 0 Å². The highest BCUT2D eigenvalue weighted by atomic mass is 79.9. The van der Waals surface area contributed by atoms with Gasteiger partial charge in [0.2, 0.25) is 0 Å². The number of carbonyl (C=O) groups is 1. The minimum absolute atomic E-state index is 0.0620. The number of pyridine rings is 1. The summed E-state index contributed by atoms with van der Waals surface area (Å²) >= 11 is 3.36. The largest absolute Gasteiger partial charge is 0.382 e. The fraction of sp³-hybridized carbons (Fsp3) is 0.294. The van der Waals surface area contributed by atoms with Crippen molar-refractivity contribution in [2.45, 2.75) is 18.9 Å². The second-order valence-corrected chi connectivity index (χ2v) is 6.38. The van der Waals surface area contributed by atoms with E-state index in [-0.39, 0.29) is 5.91 Å². The zero-order chi connectivity index (χ0) is 15.4. The topological polar surface area (TPSA) is 45.2 Å². The molecule has 1 N–H and O–H groups in total. The maximum absolute atomic E-state index is 12.5. The molecular formula is C17H18BrN3O. The van der Waals surface area contributed by atoms with Crippen LogP contribution in [0.2, 0.25) is 0 Å². The Morgan fingerprint density at radius 1 is 1.18 bits per heavy atom. The van der Waals surface area contributed by atoms with E-state index < -0.39 is 0 Å². The van der Waals surface area contributed by atoms with Crippen LogP contribution in [-0.4, -0.2) is 34.9 Å². The number of hydrogen-bond acceptors (Lipinski definition) is 3.